The number of aryl methyl sites for hydroxylation is 1. The lowest BCUT2D eigenvalue weighted by Crippen LogP contribution is -1.94. The first kappa shape index (κ1) is 10.2. The standard InChI is InChI=1S/C13H15FO/c1-2-12-7-8-13(15-12)9-10-3-5-11(14)6-4-10/h3,5,7-8H,2,4,6,9H2,1H3. The van der Waals surface area contributed by atoms with Gasteiger partial charge in [-0.15, -0.1) is 0 Å². The van der Waals surface area contributed by atoms with Gasteiger partial charge in [-0.25, -0.2) is 4.39 Å². The van der Waals surface area contributed by atoms with E-state index in [1.165, 1.54) is 5.57 Å². The Morgan fingerprint density at radius 3 is 2.60 bits per heavy atom. The summed E-state index contributed by atoms with van der Waals surface area (Å²) in [7, 11) is 0. The summed E-state index contributed by atoms with van der Waals surface area (Å²) in [6.07, 6.45) is 6.50. The van der Waals surface area contributed by atoms with Crippen molar-refractivity contribution in [1.29, 1.82) is 0 Å². The molecule has 2 rings (SSSR count). The normalized spacial score (nSPS) is 16.1. The molecule has 0 amide bonds. The molecule has 2 heteroatoms. The maximum absolute atomic E-state index is 12.7. The van der Waals surface area contributed by atoms with E-state index in [9.17, 15) is 4.39 Å². The second kappa shape index (κ2) is 4.47. The highest BCUT2D eigenvalue weighted by molar-refractivity contribution is 5.24. The van der Waals surface area contributed by atoms with Crippen LogP contribution in [0.15, 0.2) is 40.1 Å². The Morgan fingerprint density at radius 2 is 2.00 bits per heavy atom. The topological polar surface area (TPSA) is 13.1 Å². The minimum absolute atomic E-state index is 0.0209. The number of furan rings is 1. The highest BCUT2D eigenvalue weighted by atomic mass is 19.1. The molecular weight excluding hydrogens is 191 g/mol. The lowest BCUT2D eigenvalue weighted by atomic mass is 10.0. The van der Waals surface area contributed by atoms with Gasteiger partial charge in [0.05, 0.1) is 0 Å². The average molecular weight is 206 g/mol. The largest absolute Gasteiger partial charge is 0.466 e. The van der Waals surface area contributed by atoms with Gasteiger partial charge in [-0.05, 0) is 24.6 Å². The fourth-order valence-corrected chi connectivity index (χ4v) is 1.73. The molecule has 0 saturated heterocycles. The summed E-state index contributed by atoms with van der Waals surface area (Å²) in [4.78, 5) is 0. The number of hydrogen-bond acceptors (Lipinski definition) is 1. The van der Waals surface area contributed by atoms with Crippen LogP contribution in [0.25, 0.3) is 0 Å². The van der Waals surface area contributed by atoms with Crippen LogP contribution in [0.5, 0.6) is 0 Å². The van der Waals surface area contributed by atoms with Crippen LogP contribution in [-0.4, -0.2) is 0 Å². The smallest absolute Gasteiger partial charge is 0.108 e. The van der Waals surface area contributed by atoms with E-state index in [0.717, 1.165) is 30.8 Å². The molecule has 1 aromatic heterocycles. The molecule has 1 nitrogen and oxygen atoms in total. The van der Waals surface area contributed by atoms with Gasteiger partial charge in [0.1, 0.15) is 17.3 Å². The summed E-state index contributed by atoms with van der Waals surface area (Å²) in [5.74, 6) is 1.98. The molecule has 1 aliphatic rings. The third kappa shape index (κ3) is 2.58. The van der Waals surface area contributed by atoms with Gasteiger partial charge >= 0.3 is 0 Å². The van der Waals surface area contributed by atoms with Gasteiger partial charge in [-0.3, -0.25) is 0 Å². The Morgan fingerprint density at radius 1 is 1.20 bits per heavy atom. The summed E-state index contributed by atoms with van der Waals surface area (Å²) in [5, 5.41) is 0. The Bertz CT molecular complexity index is 398. The van der Waals surface area contributed by atoms with Gasteiger partial charge < -0.3 is 4.42 Å². The van der Waals surface area contributed by atoms with Crippen molar-refractivity contribution < 1.29 is 8.81 Å². The molecule has 0 spiro atoms. The van der Waals surface area contributed by atoms with Gasteiger partial charge in [-0.1, -0.05) is 18.6 Å². The molecule has 0 fully saturated rings. The molecule has 1 aliphatic carbocycles. The maximum Gasteiger partial charge on any atom is 0.108 e. The fraction of sp³-hybridized carbons (Fsp3) is 0.385. The first-order chi connectivity index (χ1) is 7.28. The van der Waals surface area contributed by atoms with Crippen LogP contribution in [-0.2, 0) is 12.8 Å². The highest BCUT2D eigenvalue weighted by Crippen LogP contribution is 2.23. The quantitative estimate of drug-likeness (QED) is 0.729. The maximum atomic E-state index is 12.7. The van der Waals surface area contributed by atoms with E-state index in [4.69, 9.17) is 4.42 Å². The number of halogens is 1. The van der Waals surface area contributed by atoms with Gasteiger partial charge in [0.2, 0.25) is 0 Å². The third-order valence-corrected chi connectivity index (χ3v) is 2.65. The second-order valence-corrected chi connectivity index (χ2v) is 3.84. The van der Waals surface area contributed by atoms with Crippen molar-refractivity contribution in [2.24, 2.45) is 0 Å². The minimum atomic E-state index is -0.0209. The molecule has 0 radical (unpaired) electrons. The van der Waals surface area contributed by atoms with E-state index in [2.05, 4.69) is 6.92 Å². The molecule has 0 atom stereocenters. The SMILES string of the molecule is CCc1ccc(CC2=CC=C(F)CC2)o1. The lowest BCUT2D eigenvalue weighted by molar-refractivity contribution is 0.474. The van der Waals surface area contributed by atoms with Crippen LogP contribution in [0, 0.1) is 0 Å². The van der Waals surface area contributed by atoms with E-state index in [1.807, 2.05) is 18.2 Å². The Kier molecular flexibility index (Phi) is 3.05. The Balaban J connectivity index is 2.03. The van der Waals surface area contributed by atoms with Crippen molar-refractivity contribution in [3.63, 3.8) is 0 Å². The van der Waals surface area contributed by atoms with E-state index in [0.29, 0.717) is 6.42 Å². The van der Waals surface area contributed by atoms with Crippen LogP contribution in [0.1, 0.15) is 31.3 Å². The lowest BCUT2D eigenvalue weighted by Gasteiger charge is -2.08. The predicted molar refractivity (Wildman–Crippen MR) is 58.3 cm³/mol. The van der Waals surface area contributed by atoms with E-state index < -0.39 is 0 Å². The van der Waals surface area contributed by atoms with Crippen LogP contribution < -0.4 is 0 Å². The van der Waals surface area contributed by atoms with Crippen molar-refractivity contribution in [3.8, 4) is 0 Å². The monoisotopic (exact) mass is 206 g/mol. The van der Waals surface area contributed by atoms with Crippen molar-refractivity contribution in [3.05, 3.63) is 47.2 Å². The molecule has 1 aromatic rings. The minimum Gasteiger partial charge on any atom is -0.466 e. The average Bonchev–Trinajstić information content (AvgIpc) is 2.69. The predicted octanol–water partition coefficient (Wildman–Crippen LogP) is 3.96. The molecule has 0 saturated carbocycles. The van der Waals surface area contributed by atoms with Crippen molar-refractivity contribution in [2.45, 2.75) is 32.6 Å². The molecule has 0 aliphatic heterocycles. The van der Waals surface area contributed by atoms with Crippen LogP contribution in [0.2, 0.25) is 0 Å². The molecule has 15 heavy (non-hydrogen) atoms. The summed E-state index contributed by atoms with van der Waals surface area (Å²) in [5.41, 5.74) is 1.24. The van der Waals surface area contributed by atoms with Crippen molar-refractivity contribution >= 4 is 0 Å². The first-order valence-electron chi connectivity index (χ1n) is 5.39. The fourth-order valence-electron chi connectivity index (χ4n) is 1.73. The summed E-state index contributed by atoms with van der Waals surface area (Å²) in [6, 6.07) is 4.02. The highest BCUT2D eigenvalue weighted by Gasteiger charge is 2.08. The molecule has 1 heterocycles. The van der Waals surface area contributed by atoms with Gasteiger partial charge in [0.25, 0.3) is 0 Å². The van der Waals surface area contributed by atoms with Crippen LogP contribution in [0.3, 0.4) is 0 Å². The van der Waals surface area contributed by atoms with E-state index >= 15 is 0 Å². The van der Waals surface area contributed by atoms with Crippen LogP contribution in [0.4, 0.5) is 4.39 Å². The molecule has 80 valence electrons. The van der Waals surface area contributed by atoms with Gasteiger partial charge in [0, 0.05) is 19.3 Å². The molecule has 0 bridgehead atoms. The first-order valence-corrected chi connectivity index (χ1v) is 5.39. The summed E-state index contributed by atoms with van der Waals surface area (Å²) in [6.45, 7) is 2.07. The molecular formula is C13H15FO. The number of rotatable bonds is 3. The van der Waals surface area contributed by atoms with E-state index in [-0.39, 0.29) is 5.83 Å². The zero-order valence-corrected chi connectivity index (χ0v) is 8.92. The zero-order chi connectivity index (χ0) is 10.7. The Labute approximate surface area is 89.3 Å². The van der Waals surface area contributed by atoms with Crippen molar-refractivity contribution in [1.82, 2.24) is 0 Å². The molecule has 0 unspecified atom stereocenters. The van der Waals surface area contributed by atoms with Gasteiger partial charge in [-0.2, -0.15) is 0 Å². The number of allylic oxidation sites excluding steroid dienone is 4. The third-order valence-electron chi connectivity index (χ3n) is 2.65. The molecule has 0 N–H and O–H groups in total. The summed E-state index contributed by atoms with van der Waals surface area (Å²) < 4.78 is 18.4. The molecule has 0 aromatic carbocycles. The number of hydrogen-bond donors (Lipinski definition) is 0. The van der Waals surface area contributed by atoms with Gasteiger partial charge in [0.15, 0.2) is 0 Å². The zero-order valence-electron chi connectivity index (χ0n) is 8.92. The van der Waals surface area contributed by atoms with Crippen molar-refractivity contribution in [2.75, 3.05) is 0 Å². The second-order valence-electron chi connectivity index (χ2n) is 3.84. The van der Waals surface area contributed by atoms with Crippen LogP contribution >= 0.6 is 0 Å². The van der Waals surface area contributed by atoms with E-state index in [1.54, 1.807) is 6.08 Å². The summed E-state index contributed by atoms with van der Waals surface area (Å²) >= 11 is 0. The Hall–Kier alpha value is -1.31.